The summed E-state index contributed by atoms with van der Waals surface area (Å²) in [5.74, 6) is 0. The maximum absolute atomic E-state index is 12.4. The summed E-state index contributed by atoms with van der Waals surface area (Å²) in [7, 11) is 1.67. The van der Waals surface area contributed by atoms with E-state index in [1.165, 1.54) is 0 Å². The number of methoxy groups -OCH3 is 1. The van der Waals surface area contributed by atoms with Crippen LogP contribution in [0.5, 0.6) is 0 Å². The van der Waals surface area contributed by atoms with Crippen molar-refractivity contribution in [1.82, 2.24) is 15.1 Å². The second kappa shape index (κ2) is 8.54. The summed E-state index contributed by atoms with van der Waals surface area (Å²) in [4.78, 5) is 16.3. The van der Waals surface area contributed by atoms with E-state index in [-0.39, 0.29) is 11.7 Å². The number of rotatable bonds is 5. The Morgan fingerprint density at radius 2 is 2.19 bits per heavy atom. The molecule has 2 fully saturated rings. The summed E-state index contributed by atoms with van der Waals surface area (Å²) < 4.78 is 11.8. The van der Waals surface area contributed by atoms with Gasteiger partial charge in [0.1, 0.15) is 5.60 Å². The number of hydrogen-bond acceptors (Lipinski definition) is 4. The third-order valence-electron chi connectivity index (χ3n) is 4.85. The number of benzene rings is 1. The van der Waals surface area contributed by atoms with Crippen LogP contribution in [-0.4, -0.2) is 66.5 Å². The maximum atomic E-state index is 12.4. The first kappa shape index (κ1) is 19.4. The van der Waals surface area contributed by atoms with E-state index >= 15 is 0 Å². The molecule has 2 heterocycles. The number of piperidine rings is 1. The first-order valence-corrected chi connectivity index (χ1v) is 9.95. The zero-order valence-corrected chi connectivity index (χ0v) is 17.3. The summed E-state index contributed by atoms with van der Waals surface area (Å²) in [6.07, 6.45) is 1.36. The lowest BCUT2D eigenvalue weighted by atomic mass is 9.91. The number of carbonyl (C=O) groups excluding carboxylic acids is 1. The third kappa shape index (κ3) is 4.66. The van der Waals surface area contributed by atoms with Gasteiger partial charge in [0.2, 0.25) is 0 Å². The van der Waals surface area contributed by atoms with Crippen molar-refractivity contribution in [1.29, 1.82) is 0 Å². The number of nitrogens with zero attached hydrogens (tertiary/aromatic N) is 2. The molecule has 0 saturated carbocycles. The Morgan fingerprint density at radius 1 is 1.42 bits per heavy atom. The van der Waals surface area contributed by atoms with E-state index in [9.17, 15) is 4.79 Å². The van der Waals surface area contributed by atoms with Gasteiger partial charge in [0, 0.05) is 50.6 Å². The minimum absolute atomic E-state index is 0.223. The van der Waals surface area contributed by atoms with Crippen LogP contribution in [0.3, 0.4) is 0 Å². The molecule has 142 valence electrons. The van der Waals surface area contributed by atoms with Crippen LogP contribution in [0.15, 0.2) is 28.7 Å². The lowest BCUT2D eigenvalue weighted by Gasteiger charge is -2.38. The van der Waals surface area contributed by atoms with Gasteiger partial charge >= 0.3 is 6.09 Å². The highest BCUT2D eigenvalue weighted by Gasteiger charge is 2.47. The van der Waals surface area contributed by atoms with Crippen LogP contribution >= 0.6 is 28.1 Å². The molecule has 8 heteroatoms. The van der Waals surface area contributed by atoms with Gasteiger partial charge in [0.05, 0.1) is 13.2 Å². The number of nitrogens with one attached hydrogen (secondary N) is 1. The van der Waals surface area contributed by atoms with E-state index in [1.54, 1.807) is 12.0 Å². The molecular formula is C18H24BrN3O3S. The predicted octanol–water partition coefficient (Wildman–Crippen LogP) is 2.76. The third-order valence-corrected chi connectivity index (χ3v) is 5.74. The Kier molecular flexibility index (Phi) is 6.37. The molecule has 0 aliphatic carbocycles. The van der Waals surface area contributed by atoms with Crippen LogP contribution in [0.25, 0.3) is 0 Å². The Bertz CT molecular complexity index is 665. The highest BCUT2D eigenvalue weighted by molar-refractivity contribution is 9.10. The Labute approximate surface area is 167 Å². The smallest absolute Gasteiger partial charge is 0.410 e. The fourth-order valence-electron chi connectivity index (χ4n) is 3.42. The predicted molar refractivity (Wildman–Crippen MR) is 107 cm³/mol. The second-order valence-corrected chi connectivity index (χ2v) is 8.05. The van der Waals surface area contributed by atoms with Crippen LogP contribution in [0.2, 0.25) is 0 Å². The number of halogens is 1. The average molecular weight is 442 g/mol. The van der Waals surface area contributed by atoms with E-state index in [1.807, 2.05) is 24.3 Å². The van der Waals surface area contributed by atoms with Gasteiger partial charge in [-0.1, -0.05) is 28.1 Å². The van der Waals surface area contributed by atoms with Crippen molar-refractivity contribution in [2.24, 2.45) is 0 Å². The molecule has 0 aromatic heterocycles. The largest absolute Gasteiger partial charge is 0.441 e. The molecule has 2 aliphatic heterocycles. The summed E-state index contributed by atoms with van der Waals surface area (Å²) in [6.45, 7) is 4.11. The number of likely N-dealkylation sites (tertiary alicyclic amines) is 1. The molecule has 1 N–H and O–H groups in total. The van der Waals surface area contributed by atoms with Gasteiger partial charge in [-0.3, -0.25) is 4.90 Å². The molecule has 0 unspecified atom stereocenters. The standard InChI is InChI=1S/C18H24BrN3O3S/c1-24-10-7-20-16(26)21-8-5-18(6-9-21)13-22(17(23)25-18)12-14-3-2-4-15(19)11-14/h2-4,11H,5-10,12-13H2,1H3,(H,20,26). The van der Waals surface area contributed by atoms with Gasteiger partial charge in [-0.2, -0.15) is 0 Å². The lowest BCUT2D eigenvalue weighted by Crippen LogP contribution is -2.51. The zero-order valence-electron chi connectivity index (χ0n) is 14.9. The molecular weight excluding hydrogens is 418 g/mol. The summed E-state index contributed by atoms with van der Waals surface area (Å²) in [5, 5.41) is 3.94. The zero-order chi connectivity index (χ0) is 18.6. The van der Waals surface area contributed by atoms with Crippen molar-refractivity contribution in [2.75, 3.05) is 39.9 Å². The van der Waals surface area contributed by atoms with E-state index in [4.69, 9.17) is 21.7 Å². The van der Waals surface area contributed by atoms with Crippen molar-refractivity contribution in [3.8, 4) is 0 Å². The van der Waals surface area contributed by atoms with Crippen LogP contribution in [0.1, 0.15) is 18.4 Å². The minimum atomic E-state index is -0.387. The van der Waals surface area contributed by atoms with E-state index in [0.717, 1.165) is 41.1 Å². The molecule has 1 spiro atoms. The fraction of sp³-hybridized carbons (Fsp3) is 0.556. The monoisotopic (exact) mass is 441 g/mol. The number of thiocarbonyl (C=S) groups is 1. The lowest BCUT2D eigenvalue weighted by molar-refractivity contribution is 0.0146. The number of amides is 1. The minimum Gasteiger partial charge on any atom is -0.441 e. The Balaban J connectivity index is 1.53. The van der Waals surface area contributed by atoms with Crippen LogP contribution in [0, 0.1) is 0 Å². The molecule has 1 amide bonds. The van der Waals surface area contributed by atoms with E-state index < -0.39 is 0 Å². The number of carbonyl (C=O) groups is 1. The molecule has 6 nitrogen and oxygen atoms in total. The highest BCUT2D eigenvalue weighted by Crippen LogP contribution is 2.34. The molecule has 0 bridgehead atoms. The first-order chi connectivity index (χ1) is 12.5. The molecule has 3 rings (SSSR count). The Morgan fingerprint density at radius 3 is 2.88 bits per heavy atom. The van der Waals surface area contributed by atoms with Crippen molar-refractivity contribution in [2.45, 2.75) is 25.0 Å². The fourth-order valence-corrected chi connectivity index (χ4v) is 4.15. The van der Waals surface area contributed by atoms with E-state index in [0.29, 0.717) is 26.2 Å². The van der Waals surface area contributed by atoms with Gasteiger partial charge < -0.3 is 19.7 Å². The normalized spacial score (nSPS) is 18.9. The average Bonchev–Trinajstić information content (AvgIpc) is 2.90. The van der Waals surface area contributed by atoms with Gasteiger partial charge in [-0.15, -0.1) is 0 Å². The highest BCUT2D eigenvalue weighted by atomic mass is 79.9. The molecule has 0 atom stereocenters. The van der Waals surface area contributed by atoms with Gasteiger partial charge in [-0.05, 0) is 29.9 Å². The van der Waals surface area contributed by atoms with Crippen molar-refractivity contribution < 1.29 is 14.3 Å². The molecule has 1 aromatic carbocycles. The second-order valence-electron chi connectivity index (χ2n) is 6.75. The summed E-state index contributed by atoms with van der Waals surface area (Å²) >= 11 is 8.91. The SMILES string of the molecule is COCCNC(=S)N1CCC2(CC1)CN(Cc1cccc(Br)c1)C(=O)O2. The van der Waals surface area contributed by atoms with Crippen molar-refractivity contribution in [3.63, 3.8) is 0 Å². The molecule has 26 heavy (non-hydrogen) atoms. The molecule has 2 saturated heterocycles. The maximum Gasteiger partial charge on any atom is 0.410 e. The van der Waals surface area contributed by atoms with Gasteiger partial charge in [-0.25, -0.2) is 4.79 Å². The topological polar surface area (TPSA) is 54.0 Å². The number of hydrogen-bond donors (Lipinski definition) is 1. The first-order valence-electron chi connectivity index (χ1n) is 8.75. The van der Waals surface area contributed by atoms with Gasteiger partial charge in [0.15, 0.2) is 5.11 Å². The quantitative estimate of drug-likeness (QED) is 0.559. The molecule has 1 aromatic rings. The molecule has 0 radical (unpaired) electrons. The Hall–Kier alpha value is -1.38. The van der Waals surface area contributed by atoms with Crippen molar-refractivity contribution >= 4 is 39.4 Å². The summed E-state index contributed by atoms with van der Waals surface area (Å²) in [6, 6.07) is 8.01. The van der Waals surface area contributed by atoms with Crippen molar-refractivity contribution in [3.05, 3.63) is 34.3 Å². The van der Waals surface area contributed by atoms with Crippen LogP contribution < -0.4 is 5.32 Å². The number of ether oxygens (including phenoxy) is 2. The van der Waals surface area contributed by atoms with Gasteiger partial charge in [0.25, 0.3) is 0 Å². The molecule has 2 aliphatic rings. The van der Waals surface area contributed by atoms with E-state index in [2.05, 4.69) is 26.1 Å². The van der Waals surface area contributed by atoms with Crippen LogP contribution in [0.4, 0.5) is 4.79 Å². The van der Waals surface area contributed by atoms with Crippen LogP contribution in [-0.2, 0) is 16.0 Å². The summed E-state index contributed by atoms with van der Waals surface area (Å²) in [5.41, 5.74) is 0.705.